The zero-order valence-corrected chi connectivity index (χ0v) is 11.6. The summed E-state index contributed by atoms with van der Waals surface area (Å²) in [5.74, 6) is 1.22. The lowest BCUT2D eigenvalue weighted by molar-refractivity contribution is 0.277. The van der Waals surface area contributed by atoms with Gasteiger partial charge in [0.15, 0.2) is 0 Å². The van der Waals surface area contributed by atoms with E-state index in [4.69, 9.17) is 5.73 Å². The summed E-state index contributed by atoms with van der Waals surface area (Å²) in [6, 6.07) is 8.20. The van der Waals surface area contributed by atoms with Gasteiger partial charge >= 0.3 is 0 Å². The van der Waals surface area contributed by atoms with E-state index in [-0.39, 0.29) is 0 Å². The zero-order chi connectivity index (χ0) is 12.3. The number of hydrogen-bond acceptors (Lipinski definition) is 3. The van der Waals surface area contributed by atoms with E-state index in [9.17, 15) is 0 Å². The van der Waals surface area contributed by atoms with Crippen LogP contribution in [-0.2, 0) is 6.54 Å². The zero-order valence-electron chi connectivity index (χ0n) is 10.8. The van der Waals surface area contributed by atoms with Crippen molar-refractivity contribution >= 4 is 17.4 Å². The number of para-hydroxylation sites is 1. The summed E-state index contributed by atoms with van der Waals surface area (Å²) < 4.78 is 0.428. The largest absolute Gasteiger partial charge is 0.398 e. The monoisotopic (exact) mass is 250 g/mol. The lowest BCUT2D eigenvalue weighted by atomic mass is 10.1. The maximum Gasteiger partial charge on any atom is 0.0359 e. The molecule has 0 unspecified atom stereocenters. The first-order valence-electron chi connectivity index (χ1n) is 6.26. The minimum Gasteiger partial charge on any atom is -0.398 e. The second kappa shape index (κ2) is 5.32. The molecule has 0 saturated carbocycles. The fourth-order valence-electron chi connectivity index (χ4n) is 2.14. The average Bonchev–Trinajstić information content (AvgIpc) is 2.44. The number of nitrogen functional groups attached to an aromatic ring is 1. The third-order valence-electron chi connectivity index (χ3n) is 3.38. The molecule has 94 valence electrons. The molecule has 17 heavy (non-hydrogen) atoms. The Morgan fingerprint density at radius 1 is 1.29 bits per heavy atom. The van der Waals surface area contributed by atoms with Crippen LogP contribution >= 0.6 is 11.8 Å². The van der Waals surface area contributed by atoms with Crippen LogP contribution in [0.1, 0.15) is 25.8 Å². The fraction of sp³-hybridized carbons (Fsp3) is 0.571. The molecule has 1 aromatic carbocycles. The molecule has 0 spiro atoms. The van der Waals surface area contributed by atoms with Crippen LogP contribution in [0.4, 0.5) is 5.69 Å². The smallest absolute Gasteiger partial charge is 0.0359 e. The minimum absolute atomic E-state index is 0.428. The van der Waals surface area contributed by atoms with Crippen LogP contribution in [0, 0.1) is 0 Å². The molecule has 0 aromatic heterocycles. The number of rotatable bonds is 2. The molecule has 0 radical (unpaired) electrons. The van der Waals surface area contributed by atoms with Gasteiger partial charge in [-0.3, -0.25) is 4.90 Å². The van der Waals surface area contributed by atoms with Gasteiger partial charge in [-0.25, -0.2) is 0 Å². The first-order chi connectivity index (χ1) is 8.07. The van der Waals surface area contributed by atoms with Gasteiger partial charge in [0.25, 0.3) is 0 Å². The molecule has 1 fully saturated rings. The van der Waals surface area contributed by atoms with Crippen molar-refractivity contribution in [3.63, 3.8) is 0 Å². The summed E-state index contributed by atoms with van der Waals surface area (Å²) in [4.78, 5) is 2.52. The van der Waals surface area contributed by atoms with Gasteiger partial charge in [0, 0.05) is 29.3 Å². The Balaban J connectivity index is 1.98. The highest BCUT2D eigenvalue weighted by Crippen LogP contribution is 2.31. The Morgan fingerprint density at radius 2 is 2.06 bits per heavy atom. The van der Waals surface area contributed by atoms with E-state index < -0.39 is 0 Å². The Labute approximate surface area is 109 Å². The van der Waals surface area contributed by atoms with E-state index in [1.165, 1.54) is 30.8 Å². The highest BCUT2D eigenvalue weighted by atomic mass is 32.2. The van der Waals surface area contributed by atoms with Crippen LogP contribution in [0.25, 0.3) is 0 Å². The second-order valence-corrected chi connectivity index (χ2v) is 7.14. The van der Waals surface area contributed by atoms with Gasteiger partial charge in [0.05, 0.1) is 0 Å². The van der Waals surface area contributed by atoms with Crippen LogP contribution in [0.3, 0.4) is 0 Å². The summed E-state index contributed by atoms with van der Waals surface area (Å²) in [6.45, 7) is 8.02. The lowest BCUT2D eigenvalue weighted by Crippen LogP contribution is -2.27. The van der Waals surface area contributed by atoms with Gasteiger partial charge in [-0.05, 0) is 24.6 Å². The molecule has 2 rings (SSSR count). The van der Waals surface area contributed by atoms with Crippen molar-refractivity contribution in [1.82, 2.24) is 4.90 Å². The van der Waals surface area contributed by atoms with E-state index >= 15 is 0 Å². The fourth-order valence-corrected chi connectivity index (χ4v) is 3.28. The maximum absolute atomic E-state index is 6.00. The van der Waals surface area contributed by atoms with Crippen molar-refractivity contribution in [2.75, 3.05) is 24.6 Å². The number of nitrogens with zero attached hydrogens (tertiary/aromatic N) is 1. The summed E-state index contributed by atoms with van der Waals surface area (Å²) in [6.07, 6.45) is 1.25. The normalized spacial score (nSPS) is 21.1. The number of nitrogens with two attached hydrogens (primary N) is 1. The quantitative estimate of drug-likeness (QED) is 0.818. The van der Waals surface area contributed by atoms with Crippen molar-refractivity contribution in [1.29, 1.82) is 0 Å². The van der Waals surface area contributed by atoms with Crippen molar-refractivity contribution in [3.8, 4) is 0 Å². The SMILES string of the molecule is CC1(C)CCN(Cc2ccccc2N)CCS1. The second-order valence-electron chi connectivity index (χ2n) is 5.33. The van der Waals surface area contributed by atoms with Crippen LogP contribution in [-0.4, -0.2) is 28.5 Å². The molecule has 2 nitrogen and oxygen atoms in total. The summed E-state index contributed by atoms with van der Waals surface area (Å²) >= 11 is 2.09. The number of anilines is 1. The molecule has 0 aliphatic carbocycles. The molecule has 1 aliphatic rings. The topological polar surface area (TPSA) is 29.3 Å². The number of benzene rings is 1. The summed E-state index contributed by atoms with van der Waals surface area (Å²) in [7, 11) is 0. The minimum atomic E-state index is 0.428. The molecule has 1 aromatic rings. The first kappa shape index (κ1) is 12.8. The Bertz CT molecular complexity index is 376. The number of hydrogen-bond donors (Lipinski definition) is 1. The van der Waals surface area contributed by atoms with Gasteiger partial charge in [-0.1, -0.05) is 32.0 Å². The van der Waals surface area contributed by atoms with Crippen LogP contribution in [0.5, 0.6) is 0 Å². The van der Waals surface area contributed by atoms with E-state index in [2.05, 4.69) is 42.6 Å². The summed E-state index contributed by atoms with van der Waals surface area (Å²) in [5, 5.41) is 0. The molecule has 0 bridgehead atoms. The van der Waals surface area contributed by atoms with Crippen molar-refractivity contribution in [3.05, 3.63) is 29.8 Å². The van der Waals surface area contributed by atoms with Crippen LogP contribution in [0.2, 0.25) is 0 Å². The van der Waals surface area contributed by atoms with Gasteiger partial charge in [-0.15, -0.1) is 0 Å². The predicted molar refractivity (Wildman–Crippen MR) is 77.3 cm³/mol. The highest BCUT2D eigenvalue weighted by molar-refractivity contribution is 8.00. The molecule has 1 heterocycles. The molecule has 0 atom stereocenters. The Morgan fingerprint density at radius 3 is 2.82 bits per heavy atom. The van der Waals surface area contributed by atoms with Crippen LogP contribution < -0.4 is 5.73 Å². The van der Waals surface area contributed by atoms with Crippen molar-refractivity contribution < 1.29 is 0 Å². The molecule has 2 N–H and O–H groups in total. The first-order valence-corrected chi connectivity index (χ1v) is 7.25. The van der Waals surface area contributed by atoms with Gasteiger partial charge < -0.3 is 5.73 Å². The van der Waals surface area contributed by atoms with Gasteiger partial charge in [0.2, 0.25) is 0 Å². The number of thioether (sulfide) groups is 1. The third-order valence-corrected chi connectivity index (χ3v) is 4.75. The van der Waals surface area contributed by atoms with Gasteiger partial charge in [-0.2, -0.15) is 11.8 Å². The van der Waals surface area contributed by atoms with Crippen LogP contribution in [0.15, 0.2) is 24.3 Å². The predicted octanol–water partition coefficient (Wildman–Crippen LogP) is 2.99. The van der Waals surface area contributed by atoms with E-state index in [1.54, 1.807) is 0 Å². The average molecular weight is 250 g/mol. The van der Waals surface area contributed by atoms with Crippen molar-refractivity contribution in [2.24, 2.45) is 0 Å². The molecule has 0 amide bonds. The maximum atomic E-state index is 6.00. The lowest BCUT2D eigenvalue weighted by Gasteiger charge is -2.23. The van der Waals surface area contributed by atoms with Crippen molar-refractivity contribution in [2.45, 2.75) is 31.6 Å². The van der Waals surface area contributed by atoms with E-state index in [0.717, 1.165) is 12.2 Å². The standard InChI is InChI=1S/C14H22N2S/c1-14(2)7-8-16(9-10-17-14)11-12-5-3-4-6-13(12)15/h3-6H,7-11,15H2,1-2H3. The molecule has 3 heteroatoms. The molecule has 1 saturated heterocycles. The summed E-state index contributed by atoms with van der Waals surface area (Å²) in [5.41, 5.74) is 8.18. The molecular formula is C14H22N2S. The molecular weight excluding hydrogens is 228 g/mol. The Hall–Kier alpha value is -0.670. The Kier molecular flexibility index (Phi) is 4.00. The van der Waals surface area contributed by atoms with E-state index in [0.29, 0.717) is 4.75 Å². The third kappa shape index (κ3) is 3.65. The van der Waals surface area contributed by atoms with E-state index in [1.807, 2.05) is 12.1 Å². The molecule has 1 aliphatic heterocycles. The van der Waals surface area contributed by atoms with Gasteiger partial charge in [0.1, 0.15) is 0 Å². The highest BCUT2D eigenvalue weighted by Gasteiger charge is 2.23.